The van der Waals surface area contributed by atoms with Gasteiger partial charge in [0.15, 0.2) is 0 Å². The van der Waals surface area contributed by atoms with Gasteiger partial charge >= 0.3 is 6.36 Å². The molecule has 37 heavy (non-hydrogen) atoms. The van der Waals surface area contributed by atoms with Crippen molar-refractivity contribution in [1.82, 2.24) is 14.5 Å². The number of imidazole rings is 1. The van der Waals surface area contributed by atoms with Gasteiger partial charge in [0.2, 0.25) is 5.91 Å². The number of piperazine rings is 1. The number of nitrogens with zero attached hydrogens (tertiary/aromatic N) is 5. The molecule has 1 aliphatic rings. The Morgan fingerprint density at radius 3 is 2.59 bits per heavy atom. The molecule has 4 rings (SSSR count). The molecule has 7 nitrogen and oxygen atoms in total. The van der Waals surface area contributed by atoms with Crippen LogP contribution in [0.15, 0.2) is 61.1 Å². The Morgan fingerprint density at radius 1 is 1.16 bits per heavy atom. The second-order valence-electron chi connectivity index (χ2n) is 9.56. The van der Waals surface area contributed by atoms with Gasteiger partial charge in [-0.25, -0.2) is 4.98 Å². The Morgan fingerprint density at radius 2 is 1.92 bits per heavy atom. The van der Waals surface area contributed by atoms with Gasteiger partial charge in [-0.05, 0) is 42.2 Å². The molecule has 1 fully saturated rings. The molecule has 1 atom stereocenters. The summed E-state index contributed by atoms with van der Waals surface area (Å²) in [7, 11) is 0. The van der Waals surface area contributed by atoms with Gasteiger partial charge in [-0.2, -0.15) is 5.26 Å². The van der Waals surface area contributed by atoms with E-state index in [4.69, 9.17) is 5.26 Å². The van der Waals surface area contributed by atoms with Gasteiger partial charge in [-0.3, -0.25) is 9.69 Å². The van der Waals surface area contributed by atoms with E-state index in [1.165, 1.54) is 18.2 Å². The smallest absolute Gasteiger partial charge is 0.406 e. The number of rotatable bonds is 8. The minimum atomic E-state index is -4.80. The Hall–Kier alpha value is -3.84. The number of carbonyl (C=O) groups is 1. The zero-order valence-electron chi connectivity index (χ0n) is 20.7. The van der Waals surface area contributed by atoms with Crippen molar-refractivity contribution in [3.05, 3.63) is 77.9 Å². The lowest BCUT2D eigenvalue weighted by Gasteiger charge is -2.41. The fourth-order valence-electron chi connectivity index (χ4n) is 4.58. The molecule has 1 aliphatic heterocycles. The molecule has 0 bridgehead atoms. The lowest BCUT2D eigenvalue weighted by atomic mass is 9.99. The van der Waals surface area contributed by atoms with E-state index in [0.717, 1.165) is 17.7 Å². The van der Waals surface area contributed by atoms with Crippen LogP contribution in [0.2, 0.25) is 0 Å². The summed E-state index contributed by atoms with van der Waals surface area (Å²) < 4.78 is 44.2. The maximum atomic E-state index is 13.2. The van der Waals surface area contributed by atoms with Crippen LogP contribution in [0.5, 0.6) is 5.75 Å². The van der Waals surface area contributed by atoms with Gasteiger partial charge in [0.25, 0.3) is 0 Å². The minimum Gasteiger partial charge on any atom is -0.406 e. The second kappa shape index (κ2) is 11.0. The molecule has 0 saturated carbocycles. The molecule has 0 unspecified atom stereocenters. The number of hydrogen-bond donors (Lipinski definition) is 0. The Kier molecular flexibility index (Phi) is 7.83. The number of anilines is 1. The molecule has 2 aromatic carbocycles. The SMILES string of the molecule is CC(C)C[C@H]1CN(c2cccc(OC(F)(F)F)c2)C(=O)CN1Cc1cncn1Cc1ccc(C#N)cc1. The summed E-state index contributed by atoms with van der Waals surface area (Å²) >= 11 is 0. The number of ether oxygens (including phenoxy) is 1. The standard InChI is InChI=1S/C27H28F3N5O2/c1-19(2)10-23-16-35(22-4-3-5-25(11-22)37-27(28,29)30)26(36)17-33(23)15-24-13-32-18-34(24)14-21-8-6-20(12-31)7-9-21/h3-9,11,13,18-19,23H,10,14-17H2,1-2H3/t23-/m0/s1. The van der Waals surface area contributed by atoms with Crippen LogP contribution in [0.1, 0.15) is 37.1 Å². The van der Waals surface area contributed by atoms with Crippen LogP contribution < -0.4 is 9.64 Å². The topological polar surface area (TPSA) is 74.4 Å². The van der Waals surface area contributed by atoms with Gasteiger partial charge < -0.3 is 14.2 Å². The average molecular weight is 512 g/mol. The van der Waals surface area contributed by atoms with Crippen molar-refractivity contribution in [3.63, 3.8) is 0 Å². The van der Waals surface area contributed by atoms with Gasteiger partial charge in [0, 0.05) is 43.6 Å². The predicted octanol–water partition coefficient (Wildman–Crippen LogP) is 4.97. The molecule has 1 saturated heterocycles. The minimum absolute atomic E-state index is 0.00292. The number of halogens is 3. The van der Waals surface area contributed by atoms with E-state index in [2.05, 4.69) is 34.5 Å². The molecule has 1 aromatic heterocycles. The molecular formula is C27H28F3N5O2. The first kappa shape index (κ1) is 26.2. The van der Waals surface area contributed by atoms with E-state index >= 15 is 0 Å². The number of nitriles is 1. The first-order chi connectivity index (χ1) is 17.6. The lowest BCUT2D eigenvalue weighted by Crippen LogP contribution is -2.56. The van der Waals surface area contributed by atoms with Crippen molar-refractivity contribution in [1.29, 1.82) is 5.26 Å². The molecule has 0 spiro atoms. The highest BCUT2D eigenvalue weighted by Gasteiger charge is 2.35. The average Bonchev–Trinajstić information content (AvgIpc) is 3.26. The summed E-state index contributed by atoms with van der Waals surface area (Å²) in [5.41, 5.74) is 2.95. The maximum Gasteiger partial charge on any atom is 0.573 e. The van der Waals surface area contributed by atoms with Crippen molar-refractivity contribution in [2.24, 2.45) is 5.92 Å². The fourth-order valence-corrected chi connectivity index (χ4v) is 4.58. The monoisotopic (exact) mass is 511 g/mol. The van der Waals surface area contributed by atoms with Crippen molar-refractivity contribution in [3.8, 4) is 11.8 Å². The number of hydrogen-bond acceptors (Lipinski definition) is 5. The Bertz CT molecular complexity index is 1260. The maximum absolute atomic E-state index is 13.2. The highest BCUT2D eigenvalue weighted by Crippen LogP contribution is 2.30. The highest BCUT2D eigenvalue weighted by molar-refractivity contribution is 5.95. The molecule has 1 amide bonds. The first-order valence-corrected chi connectivity index (χ1v) is 12.0. The number of amides is 1. The zero-order chi connectivity index (χ0) is 26.6. The van der Waals surface area contributed by atoms with Crippen LogP contribution >= 0.6 is 0 Å². The third-order valence-corrected chi connectivity index (χ3v) is 6.26. The molecule has 2 heterocycles. The van der Waals surface area contributed by atoms with Crippen molar-refractivity contribution in [2.45, 2.75) is 45.8 Å². The number of aromatic nitrogens is 2. The summed E-state index contributed by atoms with van der Waals surface area (Å²) in [6.45, 7) is 5.78. The van der Waals surface area contributed by atoms with Crippen LogP contribution in [-0.2, 0) is 17.9 Å². The van der Waals surface area contributed by atoms with Gasteiger partial charge in [0.1, 0.15) is 5.75 Å². The third kappa shape index (κ3) is 6.89. The molecule has 3 aromatic rings. The molecule has 0 radical (unpaired) electrons. The summed E-state index contributed by atoms with van der Waals surface area (Å²) in [6, 6.07) is 15.0. The van der Waals surface area contributed by atoms with Crippen molar-refractivity contribution in [2.75, 3.05) is 18.0 Å². The van der Waals surface area contributed by atoms with E-state index in [-0.39, 0.29) is 24.2 Å². The second-order valence-corrected chi connectivity index (χ2v) is 9.56. The van der Waals surface area contributed by atoms with Crippen LogP contribution in [0, 0.1) is 17.2 Å². The number of benzene rings is 2. The summed E-state index contributed by atoms with van der Waals surface area (Å²) in [6.07, 6.45) is -0.464. The van der Waals surface area contributed by atoms with Gasteiger partial charge in [-0.1, -0.05) is 32.0 Å². The normalized spacial score (nSPS) is 16.7. The lowest BCUT2D eigenvalue weighted by molar-refractivity contribution is -0.274. The number of carbonyl (C=O) groups excluding carboxylic acids is 1. The van der Waals surface area contributed by atoms with E-state index in [9.17, 15) is 18.0 Å². The van der Waals surface area contributed by atoms with Crippen molar-refractivity contribution >= 4 is 11.6 Å². The molecular weight excluding hydrogens is 483 g/mol. The molecule has 10 heteroatoms. The summed E-state index contributed by atoms with van der Waals surface area (Å²) in [4.78, 5) is 21.1. The molecule has 0 N–H and O–H groups in total. The van der Waals surface area contributed by atoms with E-state index in [1.54, 1.807) is 35.6 Å². The predicted molar refractivity (Wildman–Crippen MR) is 132 cm³/mol. The summed E-state index contributed by atoms with van der Waals surface area (Å²) in [5.74, 6) is -0.194. The van der Waals surface area contributed by atoms with Gasteiger partial charge in [-0.15, -0.1) is 13.2 Å². The highest BCUT2D eigenvalue weighted by atomic mass is 19.4. The van der Waals surface area contributed by atoms with E-state index in [0.29, 0.717) is 36.8 Å². The van der Waals surface area contributed by atoms with Crippen LogP contribution in [-0.4, -0.2) is 45.9 Å². The third-order valence-electron chi connectivity index (χ3n) is 6.26. The van der Waals surface area contributed by atoms with E-state index < -0.39 is 6.36 Å². The molecule has 0 aliphatic carbocycles. The van der Waals surface area contributed by atoms with E-state index in [1.807, 2.05) is 16.7 Å². The van der Waals surface area contributed by atoms with Crippen LogP contribution in [0.25, 0.3) is 0 Å². The Balaban J connectivity index is 1.51. The van der Waals surface area contributed by atoms with Gasteiger partial charge in [0.05, 0.1) is 30.2 Å². The largest absolute Gasteiger partial charge is 0.573 e. The summed E-state index contributed by atoms with van der Waals surface area (Å²) in [5, 5.41) is 9.02. The first-order valence-electron chi connectivity index (χ1n) is 12.0. The van der Waals surface area contributed by atoms with Crippen LogP contribution in [0.4, 0.5) is 18.9 Å². The van der Waals surface area contributed by atoms with Crippen molar-refractivity contribution < 1.29 is 22.7 Å². The zero-order valence-corrected chi connectivity index (χ0v) is 20.7. The van der Waals surface area contributed by atoms with Crippen LogP contribution in [0.3, 0.4) is 0 Å². The Labute approximate surface area is 213 Å². The number of alkyl halides is 3. The molecule has 194 valence electrons. The quantitative estimate of drug-likeness (QED) is 0.427. The fraction of sp³-hybridized carbons (Fsp3) is 0.370.